The smallest absolute Gasteiger partial charge is 0.134 e. The van der Waals surface area contributed by atoms with Crippen molar-refractivity contribution in [2.75, 3.05) is 13.1 Å². The summed E-state index contributed by atoms with van der Waals surface area (Å²) >= 11 is 0. The van der Waals surface area contributed by atoms with E-state index >= 15 is 0 Å². The van der Waals surface area contributed by atoms with E-state index in [1.165, 1.54) is 0 Å². The molecule has 7 nitrogen and oxygen atoms in total. The summed E-state index contributed by atoms with van der Waals surface area (Å²) in [6, 6.07) is 8.29. The lowest BCUT2D eigenvalue weighted by molar-refractivity contribution is 0.649. The number of benzene rings is 1. The molecule has 138 valence electrons. The molecule has 0 saturated heterocycles. The highest BCUT2D eigenvalue weighted by Gasteiger charge is 2.22. The molecule has 0 spiro atoms. The normalized spacial score (nSPS) is 16.0. The van der Waals surface area contributed by atoms with Crippen LogP contribution in [-0.4, -0.2) is 43.9 Å². The Labute approximate surface area is 158 Å². The van der Waals surface area contributed by atoms with E-state index < -0.39 is 0 Å². The standard InChI is InChI=1S/C20H23N7/c1-2-6-18-17(5-1)19(23-7-3-11-26-13-9-21-15-26)25-20(18)24-8-4-12-27-14-10-22-16-27/h1-2,5-6,9-10,13-16H,3-4,7-8,11-12H2,(H,23,24,25). The SMILES string of the molecule is c1ccc2c(c1)C(=NCCCn1ccnc1)NC2=NCCCn1ccnc1. The van der Waals surface area contributed by atoms with Crippen LogP contribution in [0.1, 0.15) is 24.0 Å². The zero-order valence-corrected chi connectivity index (χ0v) is 15.2. The monoisotopic (exact) mass is 361 g/mol. The maximum Gasteiger partial charge on any atom is 0.134 e. The van der Waals surface area contributed by atoms with Gasteiger partial charge in [0.05, 0.1) is 12.7 Å². The molecule has 0 radical (unpaired) electrons. The van der Waals surface area contributed by atoms with Gasteiger partial charge >= 0.3 is 0 Å². The first kappa shape index (κ1) is 17.2. The van der Waals surface area contributed by atoms with Gasteiger partial charge in [-0.1, -0.05) is 24.3 Å². The molecule has 1 N–H and O–H groups in total. The molecule has 0 bridgehead atoms. The fourth-order valence-electron chi connectivity index (χ4n) is 3.12. The van der Waals surface area contributed by atoms with Crippen molar-refractivity contribution in [2.24, 2.45) is 9.98 Å². The van der Waals surface area contributed by atoms with Gasteiger partial charge < -0.3 is 14.5 Å². The van der Waals surface area contributed by atoms with Crippen LogP contribution in [0.3, 0.4) is 0 Å². The molecule has 3 aromatic rings. The Morgan fingerprint density at radius 1 is 0.778 bits per heavy atom. The van der Waals surface area contributed by atoms with Crippen LogP contribution in [0, 0.1) is 0 Å². The van der Waals surface area contributed by atoms with Gasteiger partial charge in [-0.2, -0.15) is 0 Å². The lowest BCUT2D eigenvalue weighted by atomic mass is 10.1. The molecule has 27 heavy (non-hydrogen) atoms. The first-order chi connectivity index (χ1) is 13.4. The number of nitrogens with zero attached hydrogens (tertiary/aromatic N) is 6. The molecule has 0 unspecified atom stereocenters. The second-order valence-electron chi connectivity index (χ2n) is 6.44. The molecule has 1 aliphatic heterocycles. The molecule has 3 heterocycles. The lowest BCUT2D eigenvalue weighted by Gasteiger charge is -2.03. The fourth-order valence-corrected chi connectivity index (χ4v) is 3.12. The van der Waals surface area contributed by atoms with Gasteiger partial charge in [0.2, 0.25) is 0 Å². The largest absolute Gasteiger partial charge is 0.337 e. The van der Waals surface area contributed by atoms with Crippen LogP contribution in [0.25, 0.3) is 0 Å². The zero-order valence-electron chi connectivity index (χ0n) is 15.2. The van der Waals surface area contributed by atoms with E-state index in [1.54, 1.807) is 12.4 Å². The van der Waals surface area contributed by atoms with Gasteiger partial charge in [0.25, 0.3) is 0 Å². The van der Waals surface area contributed by atoms with Crippen LogP contribution in [0.15, 0.2) is 71.7 Å². The van der Waals surface area contributed by atoms with E-state index in [1.807, 2.05) is 37.2 Å². The average molecular weight is 361 g/mol. The van der Waals surface area contributed by atoms with Crippen LogP contribution in [0.4, 0.5) is 0 Å². The number of hydrogen-bond acceptors (Lipinski definition) is 4. The van der Waals surface area contributed by atoms with Crippen molar-refractivity contribution >= 4 is 11.7 Å². The number of aromatic nitrogens is 4. The summed E-state index contributed by atoms with van der Waals surface area (Å²) in [4.78, 5) is 17.7. The Hall–Kier alpha value is -3.22. The maximum absolute atomic E-state index is 4.76. The first-order valence-electron chi connectivity index (χ1n) is 9.27. The molecular weight excluding hydrogens is 338 g/mol. The van der Waals surface area contributed by atoms with Crippen molar-refractivity contribution in [3.8, 4) is 0 Å². The van der Waals surface area contributed by atoms with Gasteiger partial charge in [-0.15, -0.1) is 0 Å². The Morgan fingerprint density at radius 3 is 1.74 bits per heavy atom. The third kappa shape index (κ3) is 4.31. The summed E-state index contributed by atoms with van der Waals surface area (Å²) in [6.07, 6.45) is 13.2. The third-order valence-corrected chi connectivity index (χ3v) is 4.48. The van der Waals surface area contributed by atoms with Crippen LogP contribution in [0.2, 0.25) is 0 Å². The van der Waals surface area contributed by atoms with Crippen LogP contribution < -0.4 is 5.32 Å². The van der Waals surface area contributed by atoms with Gasteiger partial charge in [-0.05, 0) is 12.8 Å². The van der Waals surface area contributed by atoms with E-state index in [-0.39, 0.29) is 0 Å². The minimum Gasteiger partial charge on any atom is -0.337 e. The number of amidine groups is 2. The summed E-state index contributed by atoms with van der Waals surface area (Å²) in [5.74, 6) is 1.84. The Morgan fingerprint density at radius 2 is 1.30 bits per heavy atom. The van der Waals surface area contributed by atoms with Crippen molar-refractivity contribution in [1.29, 1.82) is 0 Å². The average Bonchev–Trinajstić information content (AvgIpc) is 3.44. The molecule has 4 rings (SSSR count). The third-order valence-electron chi connectivity index (χ3n) is 4.48. The van der Waals surface area contributed by atoms with Crippen molar-refractivity contribution in [2.45, 2.75) is 25.9 Å². The number of aliphatic imine (C=N–C) groups is 2. The molecule has 0 atom stereocenters. The molecule has 7 heteroatoms. The second kappa shape index (κ2) is 8.44. The quantitative estimate of drug-likeness (QED) is 0.626. The van der Waals surface area contributed by atoms with Gasteiger partial charge in [0.15, 0.2) is 0 Å². The highest BCUT2D eigenvalue weighted by Crippen LogP contribution is 2.16. The second-order valence-corrected chi connectivity index (χ2v) is 6.44. The van der Waals surface area contributed by atoms with E-state index in [9.17, 15) is 0 Å². The van der Waals surface area contributed by atoms with E-state index in [0.29, 0.717) is 0 Å². The fraction of sp³-hybridized carbons (Fsp3) is 0.300. The van der Waals surface area contributed by atoms with E-state index in [0.717, 1.165) is 61.8 Å². The number of aryl methyl sites for hydroxylation is 2. The van der Waals surface area contributed by atoms with Crippen molar-refractivity contribution in [1.82, 2.24) is 24.4 Å². The van der Waals surface area contributed by atoms with Gasteiger partial charge in [0, 0.05) is 62.1 Å². The van der Waals surface area contributed by atoms with E-state index in [4.69, 9.17) is 9.98 Å². The predicted molar refractivity (Wildman–Crippen MR) is 106 cm³/mol. The van der Waals surface area contributed by atoms with Crippen LogP contribution in [0.5, 0.6) is 0 Å². The predicted octanol–water partition coefficient (Wildman–Crippen LogP) is 2.36. The Bertz CT molecular complexity index is 832. The van der Waals surface area contributed by atoms with Crippen molar-refractivity contribution < 1.29 is 0 Å². The molecular formula is C20H23N7. The number of nitrogens with one attached hydrogen (secondary N) is 1. The molecule has 2 aromatic heterocycles. The number of hydrogen-bond donors (Lipinski definition) is 1. The van der Waals surface area contributed by atoms with Crippen LogP contribution >= 0.6 is 0 Å². The number of fused-ring (bicyclic) bond motifs is 1. The summed E-state index contributed by atoms with van der Waals surface area (Å²) < 4.78 is 4.15. The zero-order chi connectivity index (χ0) is 18.3. The number of imidazole rings is 2. The molecule has 0 saturated carbocycles. The summed E-state index contributed by atoms with van der Waals surface area (Å²) in [7, 11) is 0. The van der Waals surface area contributed by atoms with Gasteiger partial charge in [-0.3, -0.25) is 9.98 Å². The Kier molecular flexibility index (Phi) is 5.38. The topological polar surface area (TPSA) is 72.4 Å². The molecule has 0 amide bonds. The highest BCUT2D eigenvalue weighted by molar-refractivity contribution is 6.25. The van der Waals surface area contributed by atoms with Gasteiger partial charge in [-0.25, -0.2) is 9.97 Å². The van der Waals surface area contributed by atoms with Crippen molar-refractivity contribution in [3.05, 3.63) is 72.8 Å². The minimum absolute atomic E-state index is 0.767. The molecule has 0 aliphatic carbocycles. The number of rotatable bonds is 8. The van der Waals surface area contributed by atoms with Gasteiger partial charge in [0.1, 0.15) is 11.7 Å². The molecule has 1 aromatic carbocycles. The summed E-state index contributed by atoms with van der Waals surface area (Å²) in [5, 5.41) is 3.41. The van der Waals surface area contributed by atoms with Crippen molar-refractivity contribution in [3.63, 3.8) is 0 Å². The minimum atomic E-state index is 0.767. The lowest BCUT2D eigenvalue weighted by Crippen LogP contribution is -2.23. The Balaban J connectivity index is 1.36. The maximum atomic E-state index is 4.76. The highest BCUT2D eigenvalue weighted by atomic mass is 15.1. The summed E-state index contributed by atoms with van der Waals surface area (Å²) in [6.45, 7) is 3.38. The summed E-state index contributed by atoms with van der Waals surface area (Å²) in [5.41, 5.74) is 2.27. The van der Waals surface area contributed by atoms with Crippen LogP contribution in [-0.2, 0) is 13.1 Å². The molecule has 0 fully saturated rings. The first-order valence-corrected chi connectivity index (χ1v) is 9.27. The van der Waals surface area contributed by atoms with E-state index in [2.05, 4.69) is 36.6 Å². The molecule has 1 aliphatic rings.